The van der Waals surface area contributed by atoms with Gasteiger partial charge in [-0.25, -0.2) is 4.79 Å². The van der Waals surface area contributed by atoms with E-state index in [2.05, 4.69) is 29.2 Å². The Kier molecular flexibility index (Phi) is 15.9. The summed E-state index contributed by atoms with van der Waals surface area (Å²) in [4.78, 5) is 15.1. The van der Waals surface area contributed by atoms with Crippen LogP contribution in [0.2, 0.25) is 0 Å². The van der Waals surface area contributed by atoms with Crippen molar-refractivity contribution < 1.29 is 23.7 Å². The quantitative estimate of drug-likeness (QED) is 0.115. The lowest BCUT2D eigenvalue weighted by Gasteiger charge is -2.18. The number of hydrogen-bond acceptors (Lipinski definition) is 7. The molecule has 1 amide bonds. The summed E-state index contributed by atoms with van der Waals surface area (Å²) in [5.74, 6) is 2.45. The van der Waals surface area contributed by atoms with Crippen LogP contribution in [0.5, 0.6) is 11.5 Å². The van der Waals surface area contributed by atoms with Crippen molar-refractivity contribution in [2.45, 2.75) is 83.1 Å². The summed E-state index contributed by atoms with van der Waals surface area (Å²) in [5.41, 5.74) is 1.97. The number of amides is 1. The molecular formula is C25H42N2O5S2. The lowest BCUT2D eigenvalue weighted by molar-refractivity contribution is 0.153. The molecule has 0 saturated carbocycles. The van der Waals surface area contributed by atoms with Gasteiger partial charge in [0.2, 0.25) is 6.79 Å². The fourth-order valence-corrected chi connectivity index (χ4v) is 4.78. The van der Waals surface area contributed by atoms with Crippen LogP contribution in [0.15, 0.2) is 23.4 Å². The maximum absolute atomic E-state index is 12.3. The number of benzene rings is 1. The molecule has 0 bridgehead atoms. The second kappa shape index (κ2) is 17.8. The molecule has 3 atom stereocenters. The first-order valence-corrected chi connectivity index (χ1v) is 14.7. The molecule has 0 aromatic heterocycles. The third-order valence-corrected chi connectivity index (χ3v) is 8.33. The average molecular weight is 515 g/mol. The minimum atomic E-state index is -0.743. The summed E-state index contributed by atoms with van der Waals surface area (Å²) >= 11 is 0.907. The number of oxime groups is 1. The van der Waals surface area contributed by atoms with Crippen LogP contribution in [0.3, 0.4) is 0 Å². The van der Waals surface area contributed by atoms with Crippen LogP contribution in [0.25, 0.3) is 0 Å². The largest absolute Gasteiger partial charge is 0.616 e. The Balaban J connectivity index is 0.000000411. The highest BCUT2D eigenvalue weighted by Gasteiger charge is 2.19. The summed E-state index contributed by atoms with van der Waals surface area (Å²) in [6.45, 7) is 8.43. The lowest BCUT2D eigenvalue weighted by Crippen LogP contribution is -2.23. The van der Waals surface area contributed by atoms with Crippen LogP contribution in [0.4, 0.5) is 4.79 Å². The fraction of sp³-hybridized carbons (Fsp3) is 0.680. The van der Waals surface area contributed by atoms with E-state index in [0.717, 1.165) is 35.8 Å². The SMILES string of the molecule is CCCCCCCC[S+]([O-])C(C)Cc1ccc2c(c1)OCO2.CNC(=O)O/N=C(\C)C(C)SC. The number of fused-ring (bicyclic) bond motifs is 1. The van der Waals surface area contributed by atoms with Gasteiger partial charge in [0, 0.05) is 18.7 Å². The number of rotatable bonds is 13. The van der Waals surface area contributed by atoms with Gasteiger partial charge >= 0.3 is 6.09 Å². The Hall–Kier alpha value is -1.58. The smallest absolute Gasteiger partial charge is 0.433 e. The summed E-state index contributed by atoms with van der Waals surface area (Å²) in [6, 6.07) is 6.01. The molecule has 0 aliphatic carbocycles. The Morgan fingerprint density at radius 2 is 1.88 bits per heavy atom. The zero-order valence-electron chi connectivity index (χ0n) is 21.6. The van der Waals surface area contributed by atoms with Crippen LogP contribution in [0.1, 0.15) is 71.8 Å². The first kappa shape index (κ1) is 30.5. The number of carbonyl (C=O) groups excluding carboxylic acids is 1. The highest BCUT2D eigenvalue weighted by atomic mass is 32.2. The number of ether oxygens (including phenoxy) is 2. The first-order chi connectivity index (χ1) is 16.3. The summed E-state index contributed by atoms with van der Waals surface area (Å²) in [6.07, 6.45) is 9.76. The number of carbonyl (C=O) groups is 1. The van der Waals surface area contributed by atoms with Crippen molar-refractivity contribution in [1.82, 2.24) is 5.32 Å². The Labute approximate surface area is 212 Å². The normalized spacial score (nSPS) is 15.1. The molecule has 0 saturated heterocycles. The van der Waals surface area contributed by atoms with E-state index in [1.807, 2.05) is 38.3 Å². The molecular weight excluding hydrogens is 472 g/mol. The Morgan fingerprint density at radius 3 is 2.56 bits per heavy atom. The monoisotopic (exact) mass is 514 g/mol. The molecule has 1 heterocycles. The van der Waals surface area contributed by atoms with Gasteiger partial charge in [0.25, 0.3) is 0 Å². The predicted octanol–water partition coefficient (Wildman–Crippen LogP) is 5.93. The van der Waals surface area contributed by atoms with Crippen molar-refractivity contribution in [1.29, 1.82) is 0 Å². The topological polar surface area (TPSA) is 92.2 Å². The van der Waals surface area contributed by atoms with E-state index in [1.54, 1.807) is 11.8 Å². The third kappa shape index (κ3) is 12.2. The second-order valence-corrected chi connectivity index (χ2v) is 11.4. The molecule has 1 aliphatic heterocycles. The zero-order valence-corrected chi connectivity index (χ0v) is 23.2. The van der Waals surface area contributed by atoms with E-state index in [0.29, 0.717) is 6.79 Å². The van der Waals surface area contributed by atoms with Gasteiger partial charge in [0.15, 0.2) is 11.5 Å². The molecule has 0 fully saturated rings. The van der Waals surface area contributed by atoms with Crippen molar-refractivity contribution in [2.24, 2.45) is 5.16 Å². The number of hydrogen-bond donors (Lipinski definition) is 1. The molecule has 7 nitrogen and oxygen atoms in total. The molecule has 194 valence electrons. The molecule has 0 spiro atoms. The van der Waals surface area contributed by atoms with Crippen molar-refractivity contribution in [3.8, 4) is 11.5 Å². The standard InChI is InChI=1S/C18H28O3S.C7H14N2O2S/c1-3-4-5-6-7-8-11-22(19)15(2)12-16-9-10-17-18(13-16)21-14-20-17;1-5(6(2)12-4)9-11-7(10)8-3/h9-10,13,15H,3-8,11-12,14H2,1-2H3;6H,1-4H3,(H,8,10)/b;9-5+. The maximum Gasteiger partial charge on any atom is 0.433 e. The highest BCUT2D eigenvalue weighted by Crippen LogP contribution is 2.33. The van der Waals surface area contributed by atoms with Gasteiger partial charge in [-0.05, 0) is 57.6 Å². The van der Waals surface area contributed by atoms with Crippen molar-refractivity contribution in [3.05, 3.63) is 23.8 Å². The van der Waals surface area contributed by atoms with E-state index in [1.165, 1.54) is 44.7 Å². The van der Waals surface area contributed by atoms with Crippen molar-refractivity contribution >= 4 is 34.7 Å². The van der Waals surface area contributed by atoms with Crippen molar-refractivity contribution in [3.63, 3.8) is 0 Å². The van der Waals surface area contributed by atoms with E-state index in [-0.39, 0.29) is 10.5 Å². The zero-order chi connectivity index (χ0) is 25.3. The van der Waals surface area contributed by atoms with Gasteiger partial charge in [-0.3, -0.25) is 4.84 Å². The first-order valence-electron chi connectivity index (χ1n) is 12.0. The molecule has 1 aliphatic rings. The molecule has 1 N–H and O–H groups in total. The molecule has 1 aromatic carbocycles. The Bertz CT molecular complexity index is 748. The van der Waals surface area contributed by atoms with Crippen LogP contribution in [0, 0.1) is 0 Å². The van der Waals surface area contributed by atoms with Gasteiger partial charge in [0.1, 0.15) is 11.0 Å². The van der Waals surface area contributed by atoms with E-state index >= 15 is 0 Å². The van der Waals surface area contributed by atoms with Crippen LogP contribution < -0.4 is 14.8 Å². The molecule has 9 heteroatoms. The van der Waals surface area contributed by atoms with Gasteiger partial charge in [-0.15, -0.1) is 0 Å². The average Bonchev–Trinajstić information content (AvgIpc) is 3.32. The summed E-state index contributed by atoms with van der Waals surface area (Å²) in [5, 5.41) is 6.42. The molecule has 2 rings (SSSR count). The van der Waals surface area contributed by atoms with E-state index in [9.17, 15) is 9.35 Å². The van der Waals surface area contributed by atoms with Crippen LogP contribution in [-0.4, -0.2) is 52.7 Å². The fourth-order valence-electron chi connectivity index (χ4n) is 3.12. The molecule has 34 heavy (non-hydrogen) atoms. The third-order valence-electron chi connectivity index (χ3n) is 5.53. The molecule has 1 aromatic rings. The summed E-state index contributed by atoms with van der Waals surface area (Å²) < 4.78 is 23.0. The second-order valence-electron chi connectivity index (χ2n) is 8.29. The van der Waals surface area contributed by atoms with E-state index in [4.69, 9.17) is 9.47 Å². The van der Waals surface area contributed by atoms with Crippen molar-refractivity contribution in [2.75, 3.05) is 25.8 Å². The number of nitrogens with one attached hydrogen (secondary N) is 1. The maximum atomic E-state index is 12.3. The number of unbranched alkanes of at least 4 members (excludes halogenated alkanes) is 5. The van der Waals surface area contributed by atoms with Gasteiger partial charge in [0.05, 0.1) is 5.71 Å². The van der Waals surface area contributed by atoms with Crippen LogP contribution >= 0.6 is 11.8 Å². The van der Waals surface area contributed by atoms with Crippen LogP contribution in [-0.2, 0) is 22.4 Å². The van der Waals surface area contributed by atoms with Gasteiger partial charge in [-0.1, -0.05) is 55.0 Å². The Morgan fingerprint density at radius 1 is 1.21 bits per heavy atom. The number of thioether (sulfide) groups is 1. The molecule has 3 unspecified atom stereocenters. The summed E-state index contributed by atoms with van der Waals surface area (Å²) in [7, 11) is 1.49. The minimum Gasteiger partial charge on any atom is -0.616 e. The lowest BCUT2D eigenvalue weighted by atomic mass is 10.1. The van der Waals surface area contributed by atoms with E-state index < -0.39 is 17.3 Å². The predicted molar refractivity (Wildman–Crippen MR) is 144 cm³/mol. The highest BCUT2D eigenvalue weighted by molar-refractivity contribution is 7.99. The minimum absolute atomic E-state index is 0.191. The molecule has 0 radical (unpaired) electrons. The number of nitrogens with zero attached hydrogens (tertiary/aromatic N) is 1. The van der Waals surface area contributed by atoms with Gasteiger partial charge in [-0.2, -0.15) is 11.8 Å². The van der Waals surface area contributed by atoms with Gasteiger partial charge < -0.3 is 19.3 Å².